The fraction of sp³-hybridized carbons (Fsp3) is 0.906. The van der Waals surface area contributed by atoms with Gasteiger partial charge in [-0.1, -0.05) is 26.2 Å². The van der Waals surface area contributed by atoms with Crippen LogP contribution in [0.25, 0.3) is 0 Å². The SMILES string of the molecule is CC(=O)N[C@@H]1[C@@H](O)[C@H](O[C@@H]2O[C@H](C(=O)O)[C@@H](O[C@@H]3O[C@H](CO)[C@@H](O[C@H]4O[C@@H](C(=O)O)[C@H](O)[C@@H](O)[C@@H]4OS(=O)(=O)O)[C@H](OS(=O)(=O)O)[C@H]3NS(=O)(=O)O)[C@H](O)[C@H]2OS(=O)(=O)O)[C@H](COS(=O)(=O)O)O[C@H]1O.CCCCCCO. The third-order valence-corrected chi connectivity index (χ3v) is 13.1. The average Bonchev–Trinajstić information content (AvgIpc) is 3.26. The normalized spacial score (nSPS) is 36.5. The maximum Gasteiger partial charge on any atom is 0.397 e. The maximum atomic E-state index is 12.7. The molecule has 4 aliphatic rings. The lowest BCUT2D eigenvalue weighted by molar-refractivity contribution is -0.366. The molecule has 4 fully saturated rings. The Morgan fingerprint density at radius 3 is 1.47 bits per heavy atom. The molecule has 45 heteroatoms. The van der Waals surface area contributed by atoms with Gasteiger partial charge in [0.2, 0.25) is 5.91 Å². The highest BCUT2D eigenvalue weighted by Crippen LogP contribution is 2.37. The summed E-state index contributed by atoms with van der Waals surface area (Å²) in [7, 11) is -29.1. The van der Waals surface area contributed by atoms with Crippen LogP contribution in [0.1, 0.15) is 39.5 Å². The molecule has 16 N–H and O–H groups in total. The van der Waals surface area contributed by atoms with Gasteiger partial charge in [-0.2, -0.15) is 46.8 Å². The molecular weight excluding hydrogens is 1180 g/mol. The van der Waals surface area contributed by atoms with Gasteiger partial charge >= 0.3 is 63.8 Å². The zero-order valence-electron chi connectivity index (χ0n) is 39.1. The van der Waals surface area contributed by atoms with Crippen LogP contribution in [0.5, 0.6) is 0 Å². The van der Waals surface area contributed by atoms with Crippen molar-refractivity contribution in [3.05, 3.63) is 0 Å². The standard InChI is InChI=1S/C26H42N2O37S5.C6H14O/c1-4(30)27-7-9(31)13(6(56-23(7)39)3-55-67(43,44)45)58-26-19(65-70(52,53)54)12(34)16(20(62-26)22(37)38)60-24-8(28-66(40,41)42)15(63-68(46,47)48)14(5(2-29)57-24)59-25-18(64-69(49,50)51)11(33)10(32)17(61-25)21(35)36;1-2-3-4-5-6-7/h5-20,23-26,28-29,31-34,39H,2-3H2,1H3,(H,27,30)(H,35,36)(H,37,38)(H,40,41,42)(H,43,44,45)(H,46,47,48)(H,49,50,51)(H,52,53,54);7H,2-6H2,1H3/t5-,6+,7-,8-,9-,10-,11-,12+,13-,14-,15-,16+,17-,18+,19-,20+,23-,24+,25+,26-;/m1./s1. The Balaban J connectivity index is 0.00000208. The van der Waals surface area contributed by atoms with E-state index in [0.29, 0.717) is 6.61 Å². The van der Waals surface area contributed by atoms with E-state index in [4.69, 9.17) is 42.8 Å². The first-order valence-electron chi connectivity index (χ1n) is 21.5. The highest BCUT2D eigenvalue weighted by Gasteiger charge is 2.60. The van der Waals surface area contributed by atoms with Crippen molar-refractivity contribution in [2.45, 2.75) is 162 Å². The van der Waals surface area contributed by atoms with Gasteiger partial charge in [0.1, 0.15) is 73.1 Å². The molecule has 4 rings (SSSR count). The summed E-state index contributed by atoms with van der Waals surface area (Å²) in [6.45, 7) is 0.286. The lowest BCUT2D eigenvalue weighted by Gasteiger charge is -2.50. The van der Waals surface area contributed by atoms with Gasteiger partial charge in [-0.25, -0.2) is 26.3 Å². The van der Waals surface area contributed by atoms with Crippen LogP contribution in [0.2, 0.25) is 0 Å². The smallest absolute Gasteiger partial charge is 0.397 e. The molecule has 0 radical (unpaired) electrons. The van der Waals surface area contributed by atoms with E-state index < -0.39 is 206 Å². The Hall–Kier alpha value is -2.80. The molecule has 4 saturated heterocycles. The summed E-state index contributed by atoms with van der Waals surface area (Å²) in [6.07, 6.45) is -44.4. The third-order valence-electron chi connectivity index (χ3n) is 10.7. The van der Waals surface area contributed by atoms with E-state index in [1.54, 1.807) is 0 Å². The number of carbonyl (C=O) groups is 3. The Morgan fingerprint density at radius 2 is 1.01 bits per heavy atom. The van der Waals surface area contributed by atoms with Gasteiger partial charge in [0, 0.05) is 13.5 Å². The maximum absolute atomic E-state index is 12.7. The van der Waals surface area contributed by atoms with Crippen molar-refractivity contribution >= 4 is 69.7 Å². The summed E-state index contributed by atoms with van der Waals surface area (Å²) in [5.41, 5.74) is 0. The lowest BCUT2D eigenvalue weighted by Crippen LogP contribution is -2.71. The van der Waals surface area contributed by atoms with Gasteiger partial charge < -0.3 is 84.4 Å². The number of hydrogen-bond acceptors (Lipinski definition) is 31. The van der Waals surface area contributed by atoms with E-state index in [2.05, 4.69) is 23.7 Å². The highest BCUT2D eigenvalue weighted by atomic mass is 32.3. The highest BCUT2D eigenvalue weighted by molar-refractivity contribution is 7.83. The predicted octanol–water partition coefficient (Wildman–Crippen LogP) is -9.15. The first-order valence-corrected chi connectivity index (χ1v) is 28.4. The molecule has 0 saturated carbocycles. The van der Waals surface area contributed by atoms with Crippen LogP contribution in [-0.4, -0.2) is 271 Å². The number of aliphatic carboxylic acids is 2. The Bertz CT molecular complexity index is 2540. The Morgan fingerprint density at radius 1 is 0.519 bits per heavy atom. The molecular formula is C32H56N2O38S5. The molecule has 452 valence electrons. The molecule has 20 atom stereocenters. The van der Waals surface area contributed by atoms with Crippen molar-refractivity contribution in [2.75, 3.05) is 19.8 Å². The number of nitrogens with one attached hydrogen (secondary N) is 2. The monoisotopic (exact) mass is 1240 g/mol. The molecule has 0 unspecified atom stereocenters. The van der Waals surface area contributed by atoms with E-state index in [1.807, 2.05) is 5.32 Å². The second kappa shape index (κ2) is 28.3. The van der Waals surface area contributed by atoms with Crippen LogP contribution in [0.4, 0.5) is 0 Å². The van der Waals surface area contributed by atoms with Crippen molar-refractivity contribution < 1.29 is 175 Å². The quantitative estimate of drug-likeness (QED) is 0.0298. The summed E-state index contributed by atoms with van der Waals surface area (Å²) in [6, 6.07) is -4.96. The Kier molecular flexibility index (Phi) is 25.1. The number of aliphatic hydroxyl groups is 7. The minimum atomic E-state index is -6.09. The number of hydrogen-bond donors (Lipinski definition) is 16. The van der Waals surface area contributed by atoms with E-state index in [-0.39, 0.29) is 0 Å². The zero-order chi connectivity index (χ0) is 58.9. The summed E-state index contributed by atoms with van der Waals surface area (Å²) in [5, 5.41) is 94.3. The minimum absolute atomic E-state index is 0.361. The van der Waals surface area contributed by atoms with Crippen molar-refractivity contribution in [3.8, 4) is 0 Å². The molecule has 4 aliphatic heterocycles. The number of ether oxygens (including phenoxy) is 7. The topological polar surface area (TPSA) is 631 Å². The number of aliphatic hydroxyl groups excluding tert-OH is 7. The van der Waals surface area contributed by atoms with E-state index in [0.717, 1.165) is 13.3 Å². The molecule has 0 aliphatic carbocycles. The van der Waals surface area contributed by atoms with Crippen LogP contribution in [0.3, 0.4) is 0 Å². The van der Waals surface area contributed by atoms with Crippen molar-refractivity contribution in [2.24, 2.45) is 0 Å². The second-order valence-electron chi connectivity index (χ2n) is 16.4. The van der Waals surface area contributed by atoms with Gasteiger partial charge in [-0.3, -0.25) is 27.6 Å². The first kappa shape index (κ1) is 68.5. The molecule has 40 nitrogen and oxygen atoms in total. The third kappa shape index (κ3) is 20.9. The first-order chi connectivity index (χ1) is 35.2. The molecule has 1 amide bonds. The lowest BCUT2D eigenvalue weighted by atomic mass is 9.94. The van der Waals surface area contributed by atoms with Crippen LogP contribution in [0, 0.1) is 0 Å². The van der Waals surface area contributed by atoms with Crippen molar-refractivity contribution in [1.29, 1.82) is 0 Å². The molecule has 4 heterocycles. The number of unbranched alkanes of at least 4 members (excludes halogenated alkanes) is 3. The molecule has 0 bridgehead atoms. The van der Waals surface area contributed by atoms with Crippen molar-refractivity contribution in [1.82, 2.24) is 10.0 Å². The zero-order valence-corrected chi connectivity index (χ0v) is 43.2. The summed E-state index contributed by atoms with van der Waals surface area (Å²) >= 11 is 0. The summed E-state index contributed by atoms with van der Waals surface area (Å²) in [4.78, 5) is 36.4. The van der Waals surface area contributed by atoms with E-state index >= 15 is 0 Å². The van der Waals surface area contributed by atoms with Crippen LogP contribution in [-0.2, 0) is 116 Å². The minimum Gasteiger partial charge on any atom is -0.479 e. The molecule has 0 spiro atoms. The predicted molar refractivity (Wildman–Crippen MR) is 232 cm³/mol. The molecule has 0 aromatic carbocycles. The van der Waals surface area contributed by atoms with Gasteiger partial charge in [-0.05, 0) is 6.42 Å². The van der Waals surface area contributed by atoms with Gasteiger partial charge in [0.15, 0.2) is 49.6 Å². The van der Waals surface area contributed by atoms with E-state index in [9.17, 15) is 116 Å². The van der Waals surface area contributed by atoms with Crippen molar-refractivity contribution in [3.63, 3.8) is 0 Å². The van der Waals surface area contributed by atoms with Crippen LogP contribution in [0.15, 0.2) is 0 Å². The van der Waals surface area contributed by atoms with Gasteiger partial charge in [-0.15, -0.1) is 0 Å². The van der Waals surface area contributed by atoms with E-state index in [1.165, 1.54) is 24.0 Å². The van der Waals surface area contributed by atoms with Gasteiger partial charge in [0.05, 0.1) is 13.2 Å². The number of carboxylic acid groups (broad SMARTS) is 2. The number of carboxylic acids is 2. The number of amides is 1. The molecule has 77 heavy (non-hydrogen) atoms. The summed E-state index contributed by atoms with van der Waals surface area (Å²) in [5.74, 6) is -5.49. The van der Waals surface area contributed by atoms with Crippen LogP contribution < -0.4 is 10.0 Å². The summed E-state index contributed by atoms with van der Waals surface area (Å²) < 4.78 is 222. The van der Waals surface area contributed by atoms with Crippen LogP contribution >= 0.6 is 0 Å². The molecule has 0 aromatic heterocycles. The Labute approximate surface area is 435 Å². The fourth-order valence-corrected chi connectivity index (χ4v) is 9.97. The second-order valence-corrected chi connectivity index (χ2v) is 21.8. The fourth-order valence-electron chi connectivity index (χ4n) is 7.59. The number of rotatable bonds is 25. The largest absolute Gasteiger partial charge is 0.479 e. The van der Waals surface area contributed by atoms with Gasteiger partial charge in [0.25, 0.3) is 0 Å². The number of carbonyl (C=O) groups excluding carboxylic acids is 1. The average molecular weight is 1240 g/mol. The molecule has 0 aromatic rings.